The van der Waals surface area contributed by atoms with Crippen LogP contribution in [0.1, 0.15) is 12.5 Å². The maximum Gasteiger partial charge on any atom is 0.476 e. The Balaban J connectivity index is 1.91. The molecule has 0 saturated heterocycles. The molecule has 3 aromatic carbocycles. The maximum atomic E-state index is 14.2. The second-order valence-corrected chi connectivity index (χ2v) is 9.13. The lowest BCUT2D eigenvalue weighted by molar-refractivity contribution is -0.129. The Labute approximate surface area is 179 Å². The van der Waals surface area contributed by atoms with Gasteiger partial charge in [-0.15, -0.1) is 0 Å². The zero-order valence-corrected chi connectivity index (χ0v) is 17.7. The fraction of sp³-hybridized carbons (Fsp3) is 0.136. The summed E-state index contributed by atoms with van der Waals surface area (Å²) < 4.78 is 25.7. The van der Waals surface area contributed by atoms with E-state index in [1.54, 1.807) is 79.7 Å². The van der Waals surface area contributed by atoms with Crippen LogP contribution in [0.25, 0.3) is 0 Å². The first-order valence-electron chi connectivity index (χ1n) is 9.33. The van der Waals surface area contributed by atoms with E-state index in [0.717, 1.165) is 0 Å². The summed E-state index contributed by atoms with van der Waals surface area (Å²) in [6.07, 6.45) is 0. The van der Waals surface area contributed by atoms with Crippen LogP contribution in [0.5, 0.6) is 11.5 Å². The molecule has 0 aliphatic carbocycles. The topological polar surface area (TPSA) is 76.1 Å². The van der Waals surface area contributed by atoms with Crippen molar-refractivity contribution in [3.05, 3.63) is 89.4 Å². The van der Waals surface area contributed by atoms with E-state index in [1.807, 2.05) is 0 Å². The summed E-state index contributed by atoms with van der Waals surface area (Å²) >= 11 is 6.15. The molecule has 0 fully saturated rings. The molecule has 0 saturated carbocycles. The van der Waals surface area contributed by atoms with Gasteiger partial charge in [-0.05, 0) is 49.4 Å². The number of para-hydroxylation sites is 2. The summed E-state index contributed by atoms with van der Waals surface area (Å²) in [6.45, 7) is 2.01. The lowest BCUT2D eigenvalue weighted by Crippen LogP contribution is -2.42. The smallest absolute Gasteiger partial charge is 0.414 e. The number of carbonyl (C=O) groups is 1. The molecule has 3 aromatic rings. The van der Waals surface area contributed by atoms with E-state index < -0.39 is 18.8 Å². The number of likely N-dealkylation sites (N-methyl/N-ethyl adjacent to an activating group) is 1. The van der Waals surface area contributed by atoms with Crippen LogP contribution in [-0.4, -0.2) is 17.6 Å². The number of carbonyl (C=O) groups excluding carboxylic acids is 1. The van der Waals surface area contributed by atoms with Crippen molar-refractivity contribution in [1.29, 1.82) is 0 Å². The Morgan fingerprint density at radius 3 is 2.00 bits per heavy atom. The van der Waals surface area contributed by atoms with Crippen LogP contribution in [0, 0.1) is 0 Å². The Morgan fingerprint density at radius 1 is 0.967 bits per heavy atom. The zero-order valence-electron chi connectivity index (χ0n) is 16.1. The summed E-state index contributed by atoms with van der Waals surface area (Å²) in [5.41, 5.74) is 0.486. The number of hydrogen-bond acceptors (Lipinski definition) is 5. The van der Waals surface area contributed by atoms with Crippen molar-refractivity contribution in [2.75, 3.05) is 11.4 Å². The third kappa shape index (κ3) is 3.27. The zero-order chi connectivity index (χ0) is 21.4. The quantitative estimate of drug-likeness (QED) is 0.530. The van der Waals surface area contributed by atoms with Crippen LogP contribution in [0.3, 0.4) is 0 Å². The molecular formula is C22H19ClNO5P. The van der Waals surface area contributed by atoms with Crippen LogP contribution >= 0.6 is 19.2 Å². The molecule has 4 rings (SSSR count). The Kier molecular flexibility index (Phi) is 5.33. The lowest BCUT2D eigenvalue weighted by Gasteiger charge is -2.31. The molecule has 154 valence electrons. The molecule has 6 nitrogen and oxygen atoms in total. The van der Waals surface area contributed by atoms with Gasteiger partial charge in [-0.2, -0.15) is 0 Å². The van der Waals surface area contributed by atoms with Gasteiger partial charge < -0.3 is 19.1 Å². The summed E-state index contributed by atoms with van der Waals surface area (Å²) in [5.74, 6) is -0.412. The van der Waals surface area contributed by atoms with Crippen molar-refractivity contribution in [3.63, 3.8) is 0 Å². The first-order valence-corrected chi connectivity index (χ1v) is 11.2. The molecule has 1 N–H and O–H groups in total. The number of fused-ring (bicyclic) bond motifs is 1. The highest BCUT2D eigenvalue weighted by Gasteiger charge is 2.66. The first kappa shape index (κ1) is 20.5. The van der Waals surface area contributed by atoms with Gasteiger partial charge in [-0.1, -0.05) is 48.0 Å². The highest BCUT2D eigenvalue weighted by molar-refractivity contribution is 7.57. The number of rotatable bonds is 6. The van der Waals surface area contributed by atoms with Crippen LogP contribution < -0.4 is 13.9 Å². The highest BCUT2D eigenvalue weighted by Crippen LogP contribution is 2.67. The van der Waals surface area contributed by atoms with Crippen LogP contribution in [-0.2, 0) is 14.7 Å². The third-order valence-electron chi connectivity index (χ3n) is 4.82. The van der Waals surface area contributed by atoms with Gasteiger partial charge in [0.2, 0.25) is 0 Å². The lowest BCUT2D eigenvalue weighted by atomic mass is 10.1. The molecule has 1 heterocycles. The highest BCUT2D eigenvalue weighted by atomic mass is 35.5. The molecule has 30 heavy (non-hydrogen) atoms. The van der Waals surface area contributed by atoms with Gasteiger partial charge in [0.05, 0.1) is 5.69 Å². The summed E-state index contributed by atoms with van der Waals surface area (Å²) in [4.78, 5) is 14.7. The Bertz CT molecular complexity index is 1080. The van der Waals surface area contributed by atoms with Gasteiger partial charge in [0, 0.05) is 17.1 Å². The maximum absolute atomic E-state index is 14.2. The summed E-state index contributed by atoms with van der Waals surface area (Å²) in [6, 6.07) is 21.2. The second-order valence-electron chi connectivity index (χ2n) is 6.69. The monoisotopic (exact) mass is 443 g/mol. The van der Waals surface area contributed by atoms with E-state index in [0.29, 0.717) is 5.69 Å². The molecule has 1 aliphatic heterocycles. The number of aliphatic hydroxyl groups is 1. The van der Waals surface area contributed by atoms with Crippen molar-refractivity contribution >= 4 is 30.8 Å². The van der Waals surface area contributed by atoms with E-state index in [9.17, 15) is 14.5 Å². The standard InChI is InChI=1S/C22H19ClNO5P/c1-2-24-20-14-13-16(23)15-19(20)22(26,21(24)25)30(27,28-17-9-5-3-6-10-17)29-18-11-7-4-8-12-18/h3-15,26H,2H2,1H3. The van der Waals surface area contributed by atoms with Crippen LogP contribution in [0.4, 0.5) is 5.69 Å². The largest absolute Gasteiger partial charge is 0.476 e. The van der Waals surface area contributed by atoms with E-state index >= 15 is 0 Å². The Morgan fingerprint density at radius 2 is 1.50 bits per heavy atom. The first-order chi connectivity index (χ1) is 14.4. The van der Waals surface area contributed by atoms with Crippen molar-refractivity contribution in [3.8, 4) is 11.5 Å². The number of amides is 1. The van der Waals surface area contributed by atoms with E-state index in [1.165, 1.54) is 11.0 Å². The van der Waals surface area contributed by atoms with Crippen molar-refractivity contribution in [2.45, 2.75) is 12.3 Å². The minimum absolute atomic E-state index is 0.0806. The molecule has 0 spiro atoms. The van der Waals surface area contributed by atoms with E-state index in [2.05, 4.69) is 0 Å². The molecule has 0 aromatic heterocycles. The van der Waals surface area contributed by atoms with Crippen LogP contribution in [0.2, 0.25) is 5.02 Å². The molecule has 0 bridgehead atoms. The summed E-state index contributed by atoms with van der Waals surface area (Å²) in [7, 11) is -4.58. The average molecular weight is 444 g/mol. The van der Waals surface area contributed by atoms with Gasteiger partial charge in [-0.3, -0.25) is 4.79 Å². The fourth-order valence-electron chi connectivity index (χ4n) is 3.41. The van der Waals surface area contributed by atoms with Crippen molar-refractivity contribution in [1.82, 2.24) is 0 Å². The Hall–Kier alpha value is -2.79. The number of halogens is 1. The minimum Gasteiger partial charge on any atom is -0.414 e. The number of anilines is 1. The summed E-state index contributed by atoms with van der Waals surface area (Å²) in [5, 5.41) is 9.42. The van der Waals surface area contributed by atoms with Gasteiger partial charge in [0.15, 0.2) is 0 Å². The third-order valence-corrected chi connectivity index (χ3v) is 7.18. The van der Waals surface area contributed by atoms with Crippen LogP contribution in [0.15, 0.2) is 78.9 Å². The second kappa shape index (κ2) is 7.80. The minimum atomic E-state index is -4.58. The normalized spacial score (nSPS) is 18.2. The number of hydrogen-bond donors (Lipinski definition) is 1. The van der Waals surface area contributed by atoms with Crippen molar-refractivity contribution < 1.29 is 23.5 Å². The molecule has 0 radical (unpaired) electrons. The molecule has 1 atom stereocenters. The van der Waals surface area contributed by atoms with Gasteiger partial charge in [0.1, 0.15) is 11.5 Å². The van der Waals surface area contributed by atoms with Gasteiger partial charge in [0.25, 0.3) is 11.2 Å². The molecular weight excluding hydrogens is 425 g/mol. The van der Waals surface area contributed by atoms with E-state index in [4.69, 9.17) is 20.6 Å². The van der Waals surface area contributed by atoms with E-state index in [-0.39, 0.29) is 28.6 Å². The molecule has 1 aliphatic rings. The SMILES string of the molecule is CCN1C(=O)C(O)(P(=O)(Oc2ccccc2)Oc2ccccc2)c2cc(Cl)ccc21. The fourth-order valence-corrected chi connectivity index (χ4v) is 5.51. The predicted molar refractivity (Wildman–Crippen MR) is 115 cm³/mol. The number of benzene rings is 3. The number of nitrogens with zero attached hydrogens (tertiary/aromatic N) is 1. The molecule has 8 heteroatoms. The predicted octanol–water partition coefficient (Wildman–Crippen LogP) is 5.20. The average Bonchev–Trinajstić information content (AvgIpc) is 2.97. The van der Waals surface area contributed by atoms with Gasteiger partial charge >= 0.3 is 7.60 Å². The molecule has 1 unspecified atom stereocenters. The molecule has 1 amide bonds. The van der Waals surface area contributed by atoms with Crippen molar-refractivity contribution in [2.24, 2.45) is 0 Å². The van der Waals surface area contributed by atoms with Gasteiger partial charge in [-0.25, -0.2) is 4.57 Å².